The SMILES string of the molecule is OC(C1=CCCO1)c1ccc(Cl)c(Cl)c1. The third-order valence-electron chi connectivity index (χ3n) is 2.26. The zero-order valence-electron chi connectivity index (χ0n) is 7.91. The molecule has 1 aromatic carbocycles. The van der Waals surface area contributed by atoms with Gasteiger partial charge in [-0.3, -0.25) is 0 Å². The molecule has 0 saturated heterocycles. The quantitative estimate of drug-likeness (QED) is 0.865. The minimum atomic E-state index is -0.748. The summed E-state index contributed by atoms with van der Waals surface area (Å²) in [7, 11) is 0. The van der Waals surface area contributed by atoms with Crippen molar-refractivity contribution in [3.05, 3.63) is 45.6 Å². The van der Waals surface area contributed by atoms with Crippen LogP contribution in [-0.4, -0.2) is 11.7 Å². The molecular weight excluding hydrogens is 235 g/mol. The first-order chi connectivity index (χ1) is 7.18. The smallest absolute Gasteiger partial charge is 0.136 e. The number of rotatable bonds is 2. The van der Waals surface area contributed by atoms with E-state index in [0.29, 0.717) is 28.0 Å². The summed E-state index contributed by atoms with van der Waals surface area (Å²) in [6, 6.07) is 5.05. The van der Waals surface area contributed by atoms with E-state index in [9.17, 15) is 5.11 Å². The van der Waals surface area contributed by atoms with Crippen LogP contribution < -0.4 is 0 Å². The van der Waals surface area contributed by atoms with Crippen LogP contribution in [0.2, 0.25) is 10.0 Å². The molecule has 0 fully saturated rings. The van der Waals surface area contributed by atoms with Crippen molar-refractivity contribution in [2.75, 3.05) is 6.61 Å². The van der Waals surface area contributed by atoms with Gasteiger partial charge in [-0.05, 0) is 23.8 Å². The Bertz CT molecular complexity index is 402. The molecule has 2 rings (SSSR count). The molecule has 4 heteroatoms. The van der Waals surface area contributed by atoms with E-state index in [-0.39, 0.29) is 0 Å². The van der Waals surface area contributed by atoms with Gasteiger partial charge in [-0.1, -0.05) is 29.3 Å². The molecule has 15 heavy (non-hydrogen) atoms. The van der Waals surface area contributed by atoms with Gasteiger partial charge in [0, 0.05) is 6.42 Å². The molecule has 0 aromatic heterocycles. The lowest BCUT2D eigenvalue weighted by Crippen LogP contribution is -2.02. The van der Waals surface area contributed by atoms with Gasteiger partial charge in [-0.2, -0.15) is 0 Å². The van der Waals surface area contributed by atoms with Crippen molar-refractivity contribution in [2.45, 2.75) is 12.5 Å². The average molecular weight is 245 g/mol. The van der Waals surface area contributed by atoms with Gasteiger partial charge in [-0.25, -0.2) is 0 Å². The molecule has 1 aromatic rings. The Balaban J connectivity index is 2.25. The molecule has 1 unspecified atom stereocenters. The van der Waals surface area contributed by atoms with Gasteiger partial charge >= 0.3 is 0 Å². The summed E-state index contributed by atoms with van der Waals surface area (Å²) in [4.78, 5) is 0. The summed E-state index contributed by atoms with van der Waals surface area (Å²) < 4.78 is 5.27. The number of aliphatic hydroxyl groups is 1. The van der Waals surface area contributed by atoms with Gasteiger partial charge in [0.15, 0.2) is 0 Å². The molecule has 0 aliphatic carbocycles. The second-order valence-electron chi connectivity index (χ2n) is 3.32. The van der Waals surface area contributed by atoms with Crippen molar-refractivity contribution in [3.63, 3.8) is 0 Å². The van der Waals surface area contributed by atoms with Crippen LogP contribution in [0.25, 0.3) is 0 Å². The van der Waals surface area contributed by atoms with E-state index in [2.05, 4.69) is 0 Å². The third-order valence-corrected chi connectivity index (χ3v) is 3.00. The van der Waals surface area contributed by atoms with E-state index < -0.39 is 6.10 Å². The highest BCUT2D eigenvalue weighted by molar-refractivity contribution is 6.42. The summed E-state index contributed by atoms with van der Waals surface area (Å²) in [6.45, 7) is 0.633. The van der Waals surface area contributed by atoms with Gasteiger partial charge in [-0.15, -0.1) is 0 Å². The molecule has 0 bridgehead atoms. The molecule has 0 saturated carbocycles. The third kappa shape index (κ3) is 2.28. The number of hydrogen-bond donors (Lipinski definition) is 1. The summed E-state index contributed by atoms with van der Waals surface area (Å²) in [5.41, 5.74) is 0.692. The van der Waals surface area contributed by atoms with E-state index in [1.807, 2.05) is 6.08 Å². The van der Waals surface area contributed by atoms with Crippen LogP contribution in [0.1, 0.15) is 18.1 Å². The average Bonchev–Trinajstić information content (AvgIpc) is 2.74. The van der Waals surface area contributed by atoms with E-state index >= 15 is 0 Å². The standard InChI is InChI=1S/C11H10Cl2O2/c12-8-4-3-7(6-9(8)13)11(14)10-2-1-5-15-10/h2-4,6,11,14H,1,5H2. The van der Waals surface area contributed by atoms with E-state index in [4.69, 9.17) is 27.9 Å². The second-order valence-corrected chi connectivity index (χ2v) is 4.13. The van der Waals surface area contributed by atoms with Crippen molar-refractivity contribution >= 4 is 23.2 Å². The molecule has 1 N–H and O–H groups in total. The second kappa shape index (κ2) is 4.44. The first-order valence-corrected chi connectivity index (χ1v) is 5.40. The zero-order chi connectivity index (χ0) is 10.8. The lowest BCUT2D eigenvalue weighted by atomic mass is 10.1. The molecule has 1 atom stereocenters. The largest absolute Gasteiger partial charge is 0.495 e. The molecular formula is C11H10Cl2O2. The Labute approximate surface area is 98.1 Å². The van der Waals surface area contributed by atoms with Crippen molar-refractivity contribution in [2.24, 2.45) is 0 Å². The Morgan fingerprint density at radius 3 is 2.67 bits per heavy atom. The van der Waals surface area contributed by atoms with Crippen LogP contribution in [0.15, 0.2) is 30.0 Å². The normalized spacial score (nSPS) is 17.1. The predicted molar refractivity (Wildman–Crippen MR) is 60.1 cm³/mol. The van der Waals surface area contributed by atoms with Crippen molar-refractivity contribution in [3.8, 4) is 0 Å². The molecule has 0 radical (unpaired) electrons. The molecule has 1 aliphatic rings. The molecule has 2 nitrogen and oxygen atoms in total. The summed E-state index contributed by atoms with van der Waals surface area (Å²) >= 11 is 11.6. The minimum absolute atomic E-state index is 0.437. The number of aliphatic hydroxyl groups excluding tert-OH is 1. The lowest BCUT2D eigenvalue weighted by Gasteiger charge is -2.13. The fourth-order valence-corrected chi connectivity index (χ4v) is 1.78. The van der Waals surface area contributed by atoms with Gasteiger partial charge in [0.05, 0.1) is 16.7 Å². The van der Waals surface area contributed by atoms with Gasteiger partial charge in [0.2, 0.25) is 0 Å². The van der Waals surface area contributed by atoms with Crippen molar-refractivity contribution in [1.82, 2.24) is 0 Å². The highest BCUT2D eigenvalue weighted by Gasteiger charge is 2.18. The fraction of sp³-hybridized carbons (Fsp3) is 0.273. The van der Waals surface area contributed by atoms with Crippen LogP contribution >= 0.6 is 23.2 Å². The van der Waals surface area contributed by atoms with E-state index in [1.54, 1.807) is 18.2 Å². The van der Waals surface area contributed by atoms with Crippen molar-refractivity contribution in [1.29, 1.82) is 0 Å². The Morgan fingerprint density at radius 1 is 1.27 bits per heavy atom. The van der Waals surface area contributed by atoms with Gasteiger partial charge in [0.25, 0.3) is 0 Å². The topological polar surface area (TPSA) is 29.5 Å². The van der Waals surface area contributed by atoms with Gasteiger partial charge < -0.3 is 9.84 Å². The number of halogens is 2. The molecule has 1 heterocycles. The molecule has 0 amide bonds. The van der Waals surface area contributed by atoms with Crippen LogP contribution in [0, 0.1) is 0 Å². The van der Waals surface area contributed by atoms with Crippen LogP contribution in [0.3, 0.4) is 0 Å². The van der Waals surface area contributed by atoms with Crippen LogP contribution in [0.4, 0.5) is 0 Å². The highest BCUT2D eigenvalue weighted by Crippen LogP contribution is 2.30. The summed E-state index contributed by atoms with van der Waals surface area (Å²) in [6.07, 6.45) is 1.98. The Hall–Kier alpha value is -0.700. The van der Waals surface area contributed by atoms with Crippen LogP contribution in [-0.2, 0) is 4.74 Å². The first kappa shape index (κ1) is 10.8. The molecule has 0 spiro atoms. The molecule has 1 aliphatic heterocycles. The Kier molecular flexibility index (Phi) is 3.19. The summed E-state index contributed by atoms with van der Waals surface area (Å²) in [5.74, 6) is 0.591. The predicted octanol–water partition coefficient (Wildman–Crippen LogP) is 3.33. The van der Waals surface area contributed by atoms with E-state index in [1.165, 1.54) is 0 Å². The number of benzene rings is 1. The summed E-state index contributed by atoms with van der Waals surface area (Å²) in [5, 5.41) is 10.9. The first-order valence-electron chi connectivity index (χ1n) is 4.64. The number of hydrogen-bond acceptors (Lipinski definition) is 2. The molecule has 80 valence electrons. The van der Waals surface area contributed by atoms with E-state index in [0.717, 1.165) is 6.42 Å². The van der Waals surface area contributed by atoms with Crippen LogP contribution in [0.5, 0.6) is 0 Å². The maximum atomic E-state index is 9.94. The Morgan fingerprint density at radius 2 is 2.07 bits per heavy atom. The fourth-order valence-electron chi connectivity index (χ4n) is 1.47. The maximum absolute atomic E-state index is 9.94. The minimum Gasteiger partial charge on any atom is -0.495 e. The number of ether oxygens (including phenoxy) is 1. The lowest BCUT2D eigenvalue weighted by molar-refractivity contribution is 0.119. The highest BCUT2D eigenvalue weighted by atomic mass is 35.5. The maximum Gasteiger partial charge on any atom is 0.136 e. The zero-order valence-corrected chi connectivity index (χ0v) is 9.42. The monoisotopic (exact) mass is 244 g/mol. The van der Waals surface area contributed by atoms with Crippen molar-refractivity contribution < 1.29 is 9.84 Å². The van der Waals surface area contributed by atoms with Gasteiger partial charge in [0.1, 0.15) is 11.9 Å².